The molecule has 1 aromatic heterocycles. The Morgan fingerprint density at radius 2 is 2.00 bits per heavy atom. The molecule has 1 aromatic carbocycles. The molecule has 0 bridgehead atoms. The van der Waals surface area contributed by atoms with Gasteiger partial charge in [0.1, 0.15) is 0 Å². The Morgan fingerprint density at radius 3 is 2.57 bits per heavy atom. The van der Waals surface area contributed by atoms with E-state index in [1.54, 1.807) is 5.01 Å². The minimum atomic E-state index is -0.387. The van der Waals surface area contributed by atoms with E-state index in [2.05, 4.69) is 73.4 Å². The number of thiol groups is 1. The second-order valence-corrected chi connectivity index (χ2v) is 11.0. The van der Waals surface area contributed by atoms with Gasteiger partial charge in [-0.15, -0.1) is 0 Å². The van der Waals surface area contributed by atoms with E-state index in [1.807, 2.05) is 20.0 Å². The van der Waals surface area contributed by atoms with Crippen molar-refractivity contribution >= 4 is 41.7 Å². The number of benzene rings is 1. The first-order valence-corrected chi connectivity index (χ1v) is 13.1. The fraction of sp³-hybridized carbons (Fsp3) is 0.429. The number of aryl methyl sites for hydroxylation is 2. The topological polar surface area (TPSA) is 57.8 Å². The average Bonchev–Trinajstić information content (AvgIpc) is 2.80. The smallest absolute Gasteiger partial charge is 0.0709 e. The van der Waals surface area contributed by atoms with Gasteiger partial charge in [-0.1, -0.05) is 29.8 Å². The summed E-state index contributed by atoms with van der Waals surface area (Å²) in [7, 11) is 1.89. The van der Waals surface area contributed by atoms with E-state index in [9.17, 15) is 0 Å². The van der Waals surface area contributed by atoms with Crippen LogP contribution in [0.5, 0.6) is 0 Å². The van der Waals surface area contributed by atoms with Crippen molar-refractivity contribution in [3.05, 3.63) is 75.8 Å². The fourth-order valence-corrected chi connectivity index (χ4v) is 5.92. The van der Waals surface area contributed by atoms with E-state index in [-0.39, 0.29) is 5.41 Å². The summed E-state index contributed by atoms with van der Waals surface area (Å²) < 4.78 is 0. The molecule has 2 N–H and O–H groups in total. The van der Waals surface area contributed by atoms with Gasteiger partial charge in [0.25, 0.3) is 0 Å². The number of nitrogens with two attached hydrogens (primary N) is 1. The van der Waals surface area contributed by atoms with Crippen molar-refractivity contribution in [2.24, 2.45) is 10.8 Å². The molecule has 0 radical (unpaired) electrons. The second kappa shape index (κ2) is 10.5. The molecule has 2 aromatic rings. The Kier molecular flexibility index (Phi) is 7.77. The van der Waals surface area contributed by atoms with Gasteiger partial charge >= 0.3 is 0 Å². The van der Waals surface area contributed by atoms with Crippen molar-refractivity contribution in [1.29, 1.82) is 0 Å². The van der Waals surface area contributed by atoms with Gasteiger partial charge in [0.15, 0.2) is 0 Å². The normalized spacial score (nSPS) is 21.7. The highest BCUT2D eigenvalue weighted by Gasteiger charge is 2.46. The van der Waals surface area contributed by atoms with Crippen LogP contribution < -0.4 is 5.84 Å². The summed E-state index contributed by atoms with van der Waals surface area (Å²) in [6.07, 6.45) is 5.25. The average molecular weight is 510 g/mol. The number of piperidine rings is 1. The van der Waals surface area contributed by atoms with Crippen LogP contribution in [0.15, 0.2) is 52.7 Å². The first kappa shape index (κ1) is 26.0. The predicted octanol–water partition coefficient (Wildman–Crippen LogP) is 5.77. The Hall–Kier alpha value is -2.12. The maximum absolute atomic E-state index is 7.06. The summed E-state index contributed by atoms with van der Waals surface area (Å²) >= 11 is 11.7. The number of likely N-dealkylation sites (N-methyl/N-ethyl adjacent to an activating group) is 1. The SMILES string of the molecule is C=Nc1ccc(C2(c3ccc(C)nc3C)CC=C2N(C)N)cc1/C(Cl)=C(\C)CN1CCC(S)CC1. The number of pyridine rings is 1. The van der Waals surface area contributed by atoms with Gasteiger partial charge in [-0.25, -0.2) is 5.84 Å². The zero-order chi connectivity index (χ0) is 25.3. The number of hydrogen-bond acceptors (Lipinski definition) is 6. The fourth-order valence-electron chi connectivity index (χ4n) is 5.48. The van der Waals surface area contributed by atoms with Gasteiger partial charge in [-0.05, 0) is 94.7 Å². The molecule has 2 heterocycles. The molecule has 0 amide bonds. The van der Waals surface area contributed by atoms with Gasteiger partial charge in [0.2, 0.25) is 0 Å². The molecule has 1 aliphatic heterocycles. The quantitative estimate of drug-likeness (QED) is 0.215. The van der Waals surface area contributed by atoms with Crippen LogP contribution >= 0.6 is 24.2 Å². The number of aromatic nitrogens is 1. The molecule has 186 valence electrons. The molecule has 1 atom stereocenters. The molecule has 1 unspecified atom stereocenters. The highest BCUT2D eigenvalue weighted by molar-refractivity contribution is 7.80. The minimum absolute atomic E-state index is 0.387. The van der Waals surface area contributed by atoms with Crippen molar-refractivity contribution in [3.63, 3.8) is 0 Å². The lowest BCUT2D eigenvalue weighted by Crippen LogP contribution is -2.46. The van der Waals surface area contributed by atoms with Crippen LogP contribution in [0.2, 0.25) is 0 Å². The van der Waals surface area contributed by atoms with Crippen molar-refractivity contribution in [2.45, 2.75) is 50.7 Å². The van der Waals surface area contributed by atoms with Crippen LogP contribution in [0.25, 0.3) is 5.03 Å². The standard InChI is InChI=1S/C28H36ClN5S/c1-18(17-34-14-11-22(35)12-15-34)27(29)23-16-21(7-9-25(23)31-4)28(13-10-26(28)33(5)30)24-8-6-19(2)32-20(24)3/h6-10,16,22,35H,4,11-15,17,30H2,1-3,5H3/b27-18-. The van der Waals surface area contributed by atoms with Crippen LogP contribution in [0.3, 0.4) is 0 Å². The lowest BCUT2D eigenvalue weighted by molar-refractivity contribution is 0.252. The Balaban J connectivity index is 1.79. The van der Waals surface area contributed by atoms with E-state index in [1.165, 1.54) is 0 Å². The number of likely N-dealkylation sites (tertiary alicyclic amines) is 1. The summed E-state index contributed by atoms with van der Waals surface area (Å²) in [6.45, 7) is 12.9. The number of aliphatic imine (C=N–C) groups is 1. The number of halogens is 1. The monoisotopic (exact) mass is 509 g/mol. The summed E-state index contributed by atoms with van der Waals surface area (Å²) in [5.41, 5.74) is 7.80. The first-order valence-electron chi connectivity index (χ1n) is 12.2. The van der Waals surface area contributed by atoms with Crippen LogP contribution in [-0.2, 0) is 5.41 Å². The maximum Gasteiger partial charge on any atom is 0.0709 e. The summed E-state index contributed by atoms with van der Waals surface area (Å²) in [6, 6.07) is 10.6. The molecule has 2 aliphatic rings. The van der Waals surface area contributed by atoms with Gasteiger partial charge in [-0.3, -0.25) is 14.9 Å². The van der Waals surface area contributed by atoms with Crippen LogP contribution in [-0.4, -0.2) is 53.5 Å². The van der Waals surface area contributed by atoms with E-state index < -0.39 is 0 Å². The molecule has 7 heteroatoms. The van der Waals surface area contributed by atoms with E-state index in [0.29, 0.717) is 5.25 Å². The molecular weight excluding hydrogens is 474 g/mol. The lowest BCUT2D eigenvalue weighted by atomic mass is 9.62. The third-order valence-electron chi connectivity index (χ3n) is 7.39. The van der Waals surface area contributed by atoms with Crippen LogP contribution in [0, 0.1) is 13.8 Å². The number of rotatable bonds is 7. The number of allylic oxidation sites excluding steroid dienone is 2. The van der Waals surface area contributed by atoms with E-state index in [0.717, 1.165) is 89.0 Å². The molecular formula is C28H36ClN5S. The van der Waals surface area contributed by atoms with Gasteiger partial charge in [-0.2, -0.15) is 12.6 Å². The Morgan fingerprint density at radius 1 is 1.29 bits per heavy atom. The van der Waals surface area contributed by atoms with Crippen LogP contribution in [0.4, 0.5) is 5.69 Å². The minimum Gasteiger partial charge on any atom is -0.317 e. The van der Waals surface area contributed by atoms with Crippen molar-refractivity contribution in [3.8, 4) is 0 Å². The molecule has 35 heavy (non-hydrogen) atoms. The zero-order valence-electron chi connectivity index (χ0n) is 21.2. The molecule has 1 aliphatic carbocycles. The van der Waals surface area contributed by atoms with Crippen molar-refractivity contribution in [1.82, 2.24) is 14.9 Å². The summed E-state index contributed by atoms with van der Waals surface area (Å²) in [5.74, 6) is 6.31. The zero-order valence-corrected chi connectivity index (χ0v) is 22.8. The van der Waals surface area contributed by atoms with Crippen molar-refractivity contribution in [2.75, 3.05) is 26.7 Å². The number of hydrogen-bond donors (Lipinski definition) is 2. The molecule has 0 spiro atoms. The largest absolute Gasteiger partial charge is 0.317 e. The summed E-state index contributed by atoms with van der Waals surface area (Å²) in [4.78, 5) is 11.5. The molecule has 5 nitrogen and oxygen atoms in total. The Labute approximate surface area is 220 Å². The highest BCUT2D eigenvalue weighted by atomic mass is 35.5. The number of hydrazine groups is 1. The third-order valence-corrected chi connectivity index (χ3v) is 8.44. The van der Waals surface area contributed by atoms with Gasteiger partial charge in [0.05, 0.1) is 16.1 Å². The molecule has 1 saturated heterocycles. The van der Waals surface area contributed by atoms with E-state index in [4.69, 9.17) is 22.4 Å². The molecule has 0 saturated carbocycles. The second-order valence-electron chi connectivity index (χ2n) is 9.89. The Bertz CT molecular complexity index is 1180. The first-order chi connectivity index (χ1) is 16.7. The van der Waals surface area contributed by atoms with Crippen LogP contribution in [0.1, 0.15) is 54.3 Å². The van der Waals surface area contributed by atoms with Gasteiger partial charge in [0, 0.05) is 41.5 Å². The molecule has 1 fully saturated rings. The predicted molar refractivity (Wildman–Crippen MR) is 152 cm³/mol. The van der Waals surface area contributed by atoms with Crippen molar-refractivity contribution < 1.29 is 0 Å². The summed E-state index contributed by atoms with van der Waals surface area (Å²) in [5, 5.41) is 2.96. The highest BCUT2D eigenvalue weighted by Crippen LogP contribution is 2.51. The lowest BCUT2D eigenvalue weighted by Gasteiger charge is -2.46. The van der Waals surface area contributed by atoms with E-state index >= 15 is 0 Å². The number of nitrogens with zero attached hydrogens (tertiary/aromatic N) is 4. The van der Waals surface area contributed by atoms with Gasteiger partial charge < -0.3 is 5.01 Å². The molecule has 4 rings (SSSR count). The third kappa shape index (κ3) is 4.94. The maximum atomic E-state index is 7.06.